The first kappa shape index (κ1) is 48.0. The minimum absolute atomic E-state index is 0.0125. The number of benzene rings is 2. The Morgan fingerprint density at radius 3 is 2.44 bits per heavy atom. The third-order valence-electron chi connectivity index (χ3n) is 13.4. The zero-order valence-corrected chi connectivity index (χ0v) is 38.0. The van der Waals surface area contributed by atoms with Crippen molar-refractivity contribution >= 4 is 59.5 Å². The minimum atomic E-state index is -1.20. The number of halogens is 2. The van der Waals surface area contributed by atoms with E-state index in [1.54, 1.807) is 18.2 Å². The number of likely N-dealkylation sites (tertiary alicyclic amines) is 3. The van der Waals surface area contributed by atoms with Crippen LogP contribution in [-0.2, 0) is 28.7 Å². The molecule has 7 rings (SSSR count). The Labute approximate surface area is 389 Å². The van der Waals surface area contributed by atoms with Crippen LogP contribution in [0.2, 0.25) is 5.02 Å². The number of aliphatic imine (C=N–C) groups is 1. The van der Waals surface area contributed by atoms with Crippen LogP contribution < -0.4 is 21.4 Å². The van der Waals surface area contributed by atoms with E-state index in [1.807, 2.05) is 37.4 Å². The highest BCUT2D eigenvalue weighted by Gasteiger charge is 2.45. The number of carbonyl (C=O) groups is 6. The first-order chi connectivity index (χ1) is 31.8. The number of nitrogens with zero attached hydrogens (tertiary/aromatic N) is 6. The zero-order chi connectivity index (χ0) is 46.9. The van der Waals surface area contributed by atoms with Crippen LogP contribution in [0.15, 0.2) is 59.6 Å². The molecular formula is C47H58ClFN10O7. The third kappa shape index (κ3) is 11.7. The molecule has 0 radical (unpaired) electrons. The van der Waals surface area contributed by atoms with E-state index < -0.39 is 65.8 Å². The molecule has 0 saturated carbocycles. The summed E-state index contributed by atoms with van der Waals surface area (Å²) in [5.74, 6) is -3.80. The summed E-state index contributed by atoms with van der Waals surface area (Å²) in [6.07, 6.45) is 6.34. The van der Waals surface area contributed by atoms with Crippen molar-refractivity contribution in [3.63, 3.8) is 0 Å². The standard InChI is InChI=1S/C47H58ClFN10O7/c1-51-26-36(55-44(62)40-22-33(29-6-4-3-5-7-29)28-58(40)47(65)66-38-14-17-56(2)18-15-38)21-32-13-19-57(46(32)64)37-24-41(45(63)54-35(25-50)20-31-12-16-52-43(31)61)59(53-27-37)42(60)11-9-30-8-10-34(48)23-39(30)49/h3-11,23,26,31-33,35-38,40-41,53H,12-22,24,27-28H2,1-2H3,(H,52,61)(H,54,63)(H,55,62)/b11-9+,51-26?/t31?,32-,33+,35?,36-,37?,40-,41?/m0/s1. The van der Waals surface area contributed by atoms with E-state index in [2.05, 4.69) is 37.3 Å². The first-order valence-corrected chi connectivity index (χ1v) is 23.1. The number of amides is 6. The van der Waals surface area contributed by atoms with Gasteiger partial charge in [0.1, 0.15) is 30.0 Å². The van der Waals surface area contributed by atoms with Crippen LogP contribution in [0.5, 0.6) is 0 Å². The lowest BCUT2D eigenvalue weighted by atomic mass is 9.95. The molecule has 5 aliphatic rings. The Kier molecular flexibility index (Phi) is 16.1. The van der Waals surface area contributed by atoms with Crippen molar-refractivity contribution in [2.45, 2.75) is 93.6 Å². The van der Waals surface area contributed by atoms with E-state index in [4.69, 9.17) is 16.3 Å². The van der Waals surface area contributed by atoms with Crippen LogP contribution in [0.4, 0.5) is 9.18 Å². The van der Waals surface area contributed by atoms with Gasteiger partial charge in [0.05, 0.1) is 12.1 Å². The summed E-state index contributed by atoms with van der Waals surface area (Å²) < 4.78 is 20.6. The average Bonchev–Trinajstić information content (AvgIpc) is 4.05. The van der Waals surface area contributed by atoms with Gasteiger partial charge >= 0.3 is 6.09 Å². The maximum atomic E-state index is 14.6. The van der Waals surface area contributed by atoms with E-state index in [9.17, 15) is 38.4 Å². The molecule has 66 heavy (non-hydrogen) atoms. The third-order valence-corrected chi connectivity index (χ3v) is 13.6. The molecule has 17 nitrogen and oxygen atoms in total. The Bertz CT molecular complexity index is 2220. The smallest absolute Gasteiger partial charge is 0.410 e. The second-order valence-corrected chi connectivity index (χ2v) is 18.3. The Hall–Kier alpha value is -5.90. The first-order valence-electron chi connectivity index (χ1n) is 22.7. The van der Waals surface area contributed by atoms with Gasteiger partial charge in [0.15, 0.2) is 0 Å². The molecule has 5 aliphatic heterocycles. The lowest BCUT2D eigenvalue weighted by Gasteiger charge is -2.42. The molecule has 4 N–H and O–H groups in total. The molecule has 6 amide bonds. The van der Waals surface area contributed by atoms with Crippen LogP contribution in [0.25, 0.3) is 6.08 Å². The molecule has 2 aromatic carbocycles. The molecule has 5 heterocycles. The number of piperidine rings is 1. The van der Waals surface area contributed by atoms with Crippen molar-refractivity contribution in [2.75, 3.05) is 53.4 Å². The lowest BCUT2D eigenvalue weighted by molar-refractivity contribution is -0.147. The highest BCUT2D eigenvalue weighted by molar-refractivity contribution is 6.30. The highest BCUT2D eigenvalue weighted by Crippen LogP contribution is 2.34. The minimum Gasteiger partial charge on any atom is -0.446 e. The van der Waals surface area contributed by atoms with E-state index in [-0.39, 0.29) is 66.1 Å². The molecule has 8 atom stereocenters. The van der Waals surface area contributed by atoms with Gasteiger partial charge in [0.2, 0.25) is 23.6 Å². The van der Waals surface area contributed by atoms with Crippen molar-refractivity contribution in [1.82, 2.24) is 41.1 Å². The summed E-state index contributed by atoms with van der Waals surface area (Å²) in [6.45, 7) is 2.86. The second kappa shape index (κ2) is 22.1. The molecule has 0 aromatic heterocycles. The van der Waals surface area contributed by atoms with E-state index in [0.29, 0.717) is 51.7 Å². The number of rotatable bonds is 14. The Balaban J connectivity index is 1.02. The van der Waals surface area contributed by atoms with Gasteiger partial charge < -0.3 is 30.5 Å². The Morgan fingerprint density at radius 2 is 1.74 bits per heavy atom. The fourth-order valence-corrected chi connectivity index (χ4v) is 9.89. The van der Waals surface area contributed by atoms with Crippen LogP contribution in [0.1, 0.15) is 68.4 Å². The molecule has 0 bridgehead atoms. The lowest BCUT2D eigenvalue weighted by Crippen LogP contribution is -2.65. The van der Waals surface area contributed by atoms with E-state index in [0.717, 1.165) is 35.8 Å². The number of hydrogen-bond donors (Lipinski definition) is 4. The molecule has 0 aliphatic carbocycles. The predicted octanol–water partition coefficient (Wildman–Crippen LogP) is 3.01. The quantitative estimate of drug-likeness (QED) is 0.161. The fourth-order valence-electron chi connectivity index (χ4n) is 9.73. The highest BCUT2D eigenvalue weighted by atomic mass is 35.5. The van der Waals surface area contributed by atoms with Gasteiger partial charge in [-0.1, -0.05) is 48.0 Å². The van der Waals surface area contributed by atoms with Crippen LogP contribution in [-0.4, -0.2) is 151 Å². The van der Waals surface area contributed by atoms with Gasteiger partial charge in [0.25, 0.3) is 5.91 Å². The maximum absolute atomic E-state index is 14.6. The van der Waals surface area contributed by atoms with Crippen LogP contribution in [0, 0.1) is 29.0 Å². The number of nitrogens with one attached hydrogen (secondary N) is 4. The predicted molar refractivity (Wildman–Crippen MR) is 243 cm³/mol. The molecule has 5 fully saturated rings. The SMILES string of the molecule is CN=C[C@H](C[C@@H]1CCN(C2CNN(C(=O)/C=C/c3ccc(Cl)cc3F)C(C(=O)NC(C#N)CC3CCNC3=O)C2)C1=O)NC(=O)[C@@H]1C[C@@H](c2ccccc2)CN1C(=O)OC1CCN(C)CC1. The molecular weight excluding hydrogens is 871 g/mol. The summed E-state index contributed by atoms with van der Waals surface area (Å²) in [7, 11) is 3.61. The summed E-state index contributed by atoms with van der Waals surface area (Å²) in [5, 5.41) is 19.8. The number of carbonyl (C=O) groups excluding carboxylic acids is 6. The number of nitriles is 1. The fraction of sp³-hybridized carbons (Fsp3) is 0.532. The van der Waals surface area contributed by atoms with Crippen LogP contribution in [0.3, 0.4) is 0 Å². The maximum Gasteiger partial charge on any atom is 0.410 e. The van der Waals surface area contributed by atoms with Gasteiger partial charge in [-0.05, 0) is 75.8 Å². The van der Waals surface area contributed by atoms with Crippen molar-refractivity contribution in [3.8, 4) is 6.07 Å². The summed E-state index contributed by atoms with van der Waals surface area (Å²) in [4.78, 5) is 91.8. The monoisotopic (exact) mass is 928 g/mol. The van der Waals surface area contributed by atoms with E-state index >= 15 is 0 Å². The zero-order valence-electron chi connectivity index (χ0n) is 37.2. The largest absolute Gasteiger partial charge is 0.446 e. The van der Waals surface area contributed by atoms with E-state index in [1.165, 1.54) is 23.1 Å². The van der Waals surface area contributed by atoms with Crippen molar-refractivity contribution in [2.24, 2.45) is 16.8 Å². The second-order valence-electron chi connectivity index (χ2n) is 17.9. The summed E-state index contributed by atoms with van der Waals surface area (Å²) in [6, 6.07) is 11.6. The molecule has 352 valence electrons. The van der Waals surface area contributed by atoms with Crippen LogP contribution >= 0.6 is 11.6 Å². The van der Waals surface area contributed by atoms with Gasteiger partial charge in [-0.3, -0.25) is 38.9 Å². The Morgan fingerprint density at radius 1 is 0.985 bits per heavy atom. The average molecular weight is 929 g/mol. The molecule has 4 unspecified atom stereocenters. The number of hydrazine groups is 1. The van der Waals surface area contributed by atoms with Crippen molar-refractivity contribution < 1.29 is 37.9 Å². The molecule has 0 spiro atoms. The topological polar surface area (TPSA) is 209 Å². The number of ether oxygens (including phenoxy) is 1. The van der Waals surface area contributed by atoms with Gasteiger partial charge in [-0.15, -0.1) is 0 Å². The molecule has 19 heteroatoms. The van der Waals surface area contributed by atoms with Gasteiger partial charge in [-0.2, -0.15) is 5.26 Å². The normalized spacial score (nSPS) is 26.1. The van der Waals surface area contributed by atoms with Crippen molar-refractivity contribution in [3.05, 3.63) is 76.6 Å². The van der Waals surface area contributed by atoms with Crippen molar-refractivity contribution in [1.29, 1.82) is 5.26 Å². The van der Waals surface area contributed by atoms with Gasteiger partial charge in [0, 0.05) is 99.4 Å². The molecule has 2 aromatic rings. The molecule has 5 saturated heterocycles. The number of hydrogen-bond acceptors (Lipinski definition) is 11. The van der Waals surface area contributed by atoms with Gasteiger partial charge in [-0.25, -0.2) is 14.6 Å². The summed E-state index contributed by atoms with van der Waals surface area (Å²) in [5.41, 5.74) is 4.13. The summed E-state index contributed by atoms with van der Waals surface area (Å²) >= 11 is 5.90.